The van der Waals surface area contributed by atoms with E-state index in [1.54, 1.807) is 0 Å². The summed E-state index contributed by atoms with van der Waals surface area (Å²) in [6, 6.07) is 2.71. The summed E-state index contributed by atoms with van der Waals surface area (Å²) < 4.78 is 74.9. The van der Waals surface area contributed by atoms with Gasteiger partial charge in [-0.3, -0.25) is 4.79 Å². The molecule has 94 valence electrons. The average Bonchev–Trinajstić information content (AvgIpc) is 2.26. The van der Waals surface area contributed by atoms with Crippen LogP contribution in [-0.4, -0.2) is 18.9 Å². The van der Waals surface area contributed by atoms with Crippen LogP contribution in [0.1, 0.15) is 15.9 Å². The Labute approximate surface area is 92.0 Å². The Bertz CT molecular complexity index is 396. The smallest absolute Gasteiger partial charge is 0.298 e. The predicted molar refractivity (Wildman–Crippen MR) is 46.7 cm³/mol. The molecule has 0 aliphatic carbocycles. The highest BCUT2D eigenvalue weighted by molar-refractivity contribution is 5.74. The lowest BCUT2D eigenvalue weighted by Crippen LogP contribution is -2.44. The summed E-state index contributed by atoms with van der Waals surface area (Å²) >= 11 is 0. The lowest BCUT2D eigenvalue weighted by Gasteiger charge is -2.27. The molecule has 17 heavy (non-hydrogen) atoms. The van der Waals surface area contributed by atoms with Crippen molar-refractivity contribution in [1.82, 2.24) is 0 Å². The van der Waals surface area contributed by atoms with Gasteiger partial charge in [-0.25, -0.2) is 13.2 Å². The van der Waals surface area contributed by atoms with E-state index in [-0.39, 0.29) is 5.56 Å². The Kier molecular flexibility index (Phi) is 3.49. The molecule has 7 heteroatoms. The maximum atomic E-state index is 13.4. The van der Waals surface area contributed by atoms with Crippen LogP contribution >= 0.6 is 0 Å². The Morgan fingerprint density at radius 1 is 1.00 bits per heavy atom. The minimum atomic E-state index is -5.73. The molecule has 0 aliphatic rings. The van der Waals surface area contributed by atoms with E-state index in [1.165, 1.54) is 0 Å². The summed E-state index contributed by atoms with van der Waals surface area (Å²) in [5.41, 5.74) is -5.99. The van der Waals surface area contributed by atoms with Gasteiger partial charge in [-0.15, -0.1) is 0 Å². The second kappa shape index (κ2) is 4.38. The standard InChI is InChI=1S/C10H6F6O/c11-8(12)9(13,10(14,15)16)7-3-1-6(5-17)2-4-7/h1-5,8H. The monoisotopic (exact) mass is 256 g/mol. The molecule has 0 amide bonds. The van der Waals surface area contributed by atoms with E-state index < -0.39 is 23.8 Å². The minimum Gasteiger partial charge on any atom is -0.298 e. The van der Waals surface area contributed by atoms with Crippen molar-refractivity contribution in [3.8, 4) is 0 Å². The van der Waals surface area contributed by atoms with Crippen molar-refractivity contribution in [3.05, 3.63) is 35.4 Å². The lowest BCUT2D eigenvalue weighted by molar-refractivity contribution is -0.274. The van der Waals surface area contributed by atoms with Crippen LogP contribution < -0.4 is 0 Å². The largest absolute Gasteiger partial charge is 0.432 e. The molecule has 0 aliphatic heterocycles. The quantitative estimate of drug-likeness (QED) is 0.597. The normalized spacial score (nSPS) is 15.7. The van der Waals surface area contributed by atoms with Gasteiger partial charge in [0, 0.05) is 11.1 Å². The number of benzene rings is 1. The van der Waals surface area contributed by atoms with Gasteiger partial charge in [0.25, 0.3) is 12.1 Å². The van der Waals surface area contributed by atoms with E-state index in [4.69, 9.17) is 0 Å². The summed E-state index contributed by atoms with van der Waals surface area (Å²) in [6.45, 7) is 0. The van der Waals surface area contributed by atoms with Crippen LogP contribution in [0, 0.1) is 0 Å². The molecule has 1 nitrogen and oxygen atoms in total. The van der Waals surface area contributed by atoms with E-state index in [9.17, 15) is 31.1 Å². The molecule has 0 radical (unpaired) electrons. The molecule has 0 fully saturated rings. The number of hydrogen-bond acceptors (Lipinski definition) is 1. The molecule has 1 aromatic rings. The third kappa shape index (κ3) is 2.27. The summed E-state index contributed by atoms with van der Waals surface area (Å²) in [6.07, 6.45) is -9.67. The second-order valence-electron chi connectivity index (χ2n) is 3.25. The molecule has 0 spiro atoms. The highest BCUT2D eigenvalue weighted by Crippen LogP contribution is 2.46. The molecule has 0 heterocycles. The van der Waals surface area contributed by atoms with E-state index in [0.717, 1.165) is 12.1 Å². The predicted octanol–water partition coefficient (Wildman–Crippen LogP) is 3.49. The summed E-state index contributed by atoms with van der Waals surface area (Å²) in [5, 5.41) is 0. The van der Waals surface area contributed by atoms with Crippen molar-refractivity contribution in [2.45, 2.75) is 18.3 Å². The average molecular weight is 256 g/mol. The molecule has 1 aromatic carbocycles. The van der Waals surface area contributed by atoms with Crippen molar-refractivity contribution >= 4 is 6.29 Å². The number of carbonyl (C=O) groups is 1. The molecular weight excluding hydrogens is 250 g/mol. The number of aldehydes is 1. The molecule has 1 unspecified atom stereocenters. The Hall–Kier alpha value is -1.53. The first-order valence-corrected chi connectivity index (χ1v) is 4.33. The minimum absolute atomic E-state index is 0.0347. The van der Waals surface area contributed by atoms with Crippen molar-refractivity contribution < 1.29 is 31.1 Å². The van der Waals surface area contributed by atoms with Crippen LogP contribution in [0.15, 0.2) is 24.3 Å². The van der Waals surface area contributed by atoms with Crippen LogP contribution in [0.4, 0.5) is 26.3 Å². The molecule has 0 saturated heterocycles. The van der Waals surface area contributed by atoms with Crippen LogP contribution in [0.3, 0.4) is 0 Å². The van der Waals surface area contributed by atoms with Gasteiger partial charge in [-0.1, -0.05) is 24.3 Å². The van der Waals surface area contributed by atoms with Crippen molar-refractivity contribution in [2.24, 2.45) is 0 Å². The molecule has 1 rings (SSSR count). The van der Waals surface area contributed by atoms with Crippen molar-refractivity contribution in [3.63, 3.8) is 0 Å². The van der Waals surface area contributed by atoms with Gasteiger partial charge in [0.1, 0.15) is 6.29 Å². The number of hydrogen-bond donors (Lipinski definition) is 0. The SMILES string of the molecule is O=Cc1ccc(C(F)(C(F)F)C(F)(F)F)cc1. The number of rotatable bonds is 3. The fraction of sp³-hybridized carbons (Fsp3) is 0.300. The van der Waals surface area contributed by atoms with E-state index >= 15 is 0 Å². The fourth-order valence-electron chi connectivity index (χ4n) is 1.22. The van der Waals surface area contributed by atoms with Gasteiger partial charge in [0.15, 0.2) is 0 Å². The first-order chi connectivity index (χ1) is 7.73. The molecular formula is C10H6F6O. The van der Waals surface area contributed by atoms with Gasteiger partial charge in [0.2, 0.25) is 0 Å². The third-order valence-corrected chi connectivity index (χ3v) is 2.18. The maximum absolute atomic E-state index is 13.4. The van der Waals surface area contributed by atoms with Gasteiger partial charge < -0.3 is 0 Å². The molecule has 0 saturated carbocycles. The van der Waals surface area contributed by atoms with E-state index in [2.05, 4.69) is 0 Å². The van der Waals surface area contributed by atoms with E-state index in [0.29, 0.717) is 18.4 Å². The fourth-order valence-corrected chi connectivity index (χ4v) is 1.22. The zero-order valence-electron chi connectivity index (χ0n) is 8.14. The Balaban J connectivity index is 3.28. The van der Waals surface area contributed by atoms with Crippen LogP contribution in [0.5, 0.6) is 0 Å². The van der Waals surface area contributed by atoms with Crippen LogP contribution in [0.2, 0.25) is 0 Å². The first-order valence-electron chi connectivity index (χ1n) is 4.33. The van der Waals surface area contributed by atoms with Crippen LogP contribution in [-0.2, 0) is 5.67 Å². The molecule has 1 atom stereocenters. The molecule has 0 aromatic heterocycles. The lowest BCUT2D eigenvalue weighted by atomic mass is 9.94. The van der Waals surface area contributed by atoms with Gasteiger partial charge in [-0.05, 0) is 0 Å². The zero-order valence-corrected chi connectivity index (χ0v) is 8.14. The summed E-state index contributed by atoms with van der Waals surface area (Å²) in [4.78, 5) is 10.2. The second-order valence-corrected chi connectivity index (χ2v) is 3.25. The van der Waals surface area contributed by atoms with Gasteiger partial charge in [0.05, 0.1) is 0 Å². The van der Waals surface area contributed by atoms with E-state index in [1.807, 2.05) is 0 Å². The topological polar surface area (TPSA) is 17.1 Å². The number of alkyl halides is 6. The highest BCUT2D eigenvalue weighted by Gasteiger charge is 2.63. The first kappa shape index (κ1) is 13.5. The molecule has 0 bridgehead atoms. The Morgan fingerprint density at radius 2 is 1.47 bits per heavy atom. The Morgan fingerprint density at radius 3 is 1.76 bits per heavy atom. The third-order valence-electron chi connectivity index (χ3n) is 2.18. The number of carbonyl (C=O) groups excluding carboxylic acids is 1. The summed E-state index contributed by atoms with van der Waals surface area (Å²) in [5.74, 6) is 0. The molecule has 0 N–H and O–H groups in total. The van der Waals surface area contributed by atoms with Crippen molar-refractivity contribution in [1.29, 1.82) is 0 Å². The highest BCUT2D eigenvalue weighted by atomic mass is 19.4. The van der Waals surface area contributed by atoms with Crippen molar-refractivity contribution in [2.75, 3.05) is 0 Å². The van der Waals surface area contributed by atoms with Gasteiger partial charge >= 0.3 is 6.18 Å². The zero-order chi connectivity index (χ0) is 13.3. The van der Waals surface area contributed by atoms with Gasteiger partial charge in [-0.2, -0.15) is 13.2 Å². The maximum Gasteiger partial charge on any atom is 0.432 e. The van der Waals surface area contributed by atoms with Crippen LogP contribution in [0.25, 0.3) is 0 Å². The summed E-state index contributed by atoms with van der Waals surface area (Å²) in [7, 11) is 0. The number of halogens is 6.